The van der Waals surface area contributed by atoms with E-state index >= 15 is 0 Å². The Kier molecular flexibility index (Phi) is 3.84. The monoisotopic (exact) mass is 270 g/mol. The van der Waals surface area contributed by atoms with Crippen molar-refractivity contribution in [3.63, 3.8) is 0 Å². The van der Waals surface area contributed by atoms with Crippen LogP contribution in [0.4, 0.5) is 13.2 Å². The van der Waals surface area contributed by atoms with Crippen LogP contribution in [0.25, 0.3) is 0 Å². The zero-order valence-electron chi connectivity index (χ0n) is 9.62. The Labute approximate surface area is 106 Å². The van der Waals surface area contributed by atoms with E-state index in [0.717, 1.165) is 6.07 Å². The lowest BCUT2D eigenvalue weighted by atomic mass is 10.2. The molecule has 100 valence electrons. The van der Waals surface area contributed by atoms with Gasteiger partial charge in [-0.3, -0.25) is 4.79 Å². The van der Waals surface area contributed by atoms with Crippen molar-refractivity contribution in [1.82, 2.24) is 10.3 Å². The number of benzene rings is 1. The van der Waals surface area contributed by atoms with Gasteiger partial charge in [0, 0.05) is 13.0 Å². The molecule has 1 N–H and O–H groups in total. The molecule has 0 aliphatic carbocycles. The zero-order valence-corrected chi connectivity index (χ0v) is 9.62. The molecule has 0 saturated carbocycles. The highest BCUT2D eigenvalue weighted by atomic mass is 19.2. The molecule has 4 nitrogen and oxygen atoms in total. The number of carbonyl (C=O) groups excluding carboxylic acids is 1. The first-order valence-electron chi connectivity index (χ1n) is 5.38. The number of amides is 1. The molecule has 0 unspecified atom stereocenters. The lowest BCUT2D eigenvalue weighted by Gasteiger charge is -2.05. The quantitative estimate of drug-likeness (QED) is 0.865. The van der Waals surface area contributed by atoms with Crippen molar-refractivity contribution in [2.24, 2.45) is 0 Å². The molecule has 0 atom stereocenters. The van der Waals surface area contributed by atoms with Gasteiger partial charge in [-0.15, -0.1) is 0 Å². The number of hydrogen-bond donors (Lipinski definition) is 1. The third-order valence-electron chi connectivity index (χ3n) is 2.43. The summed E-state index contributed by atoms with van der Waals surface area (Å²) in [4.78, 5) is 15.4. The fourth-order valence-electron chi connectivity index (χ4n) is 1.46. The van der Waals surface area contributed by atoms with E-state index in [9.17, 15) is 18.0 Å². The molecule has 1 heterocycles. The van der Waals surface area contributed by atoms with Crippen molar-refractivity contribution in [3.05, 3.63) is 53.5 Å². The molecule has 0 aliphatic rings. The molecule has 0 radical (unpaired) electrons. The Morgan fingerprint density at radius 3 is 2.74 bits per heavy atom. The van der Waals surface area contributed by atoms with Crippen LogP contribution in [-0.2, 0) is 6.42 Å². The second kappa shape index (κ2) is 5.55. The van der Waals surface area contributed by atoms with Gasteiger partial charge in [-0.1, -0.05) is 0 Å². The highest BCUT2D eigenvalue weighted by Gasteiger charge is 2.18. The molecule has 19 heavy (non-hydrogen) atoms. The van der Waals surface area contributed by atoms with Gasteiger partial charge in [0.1, 0.15) is 6.26 Å². The normalized spacial score (nSPS) is 10.5. The van der Waals surface area contributed by atoms with Crippen molar-refractivity contribution in [2.45, 2.75) is 6.42 Å². The summed E-state index contributed by atoms with van der Waals surface area (Å²) in [6, 6.07) is 1.59. The van der Waals surface area contributed by atoms with Gasteiger partial charge < -0.3 is 9.73 Å². The van der Waals surface area contributed by atoms with Crippen molar-refractivity contribution < 1.29 is 22.4 Å². The molecular formula is C12H9F3N2O2. The molecule has 1 aromatic carbocycles. The number of hydrogen-bond acceptors (Lipinski definition) is 3. The predicted molar refractivity (Wildman–Crippen MR) is 58.9 cm³/mol. The molecule has 2 rings (SSSR count). The van der Waals surface area contributed by atoms with E-state index in [2.05, 4.69) is 10.3 Å². The van der Waals surface area contributed by atoms with E-state index in [4.69, 9.17) is 4.42 Å². The minimum Gasteiger partial charge on any atom is -0.451 e. The summed E-state index contributed by atoms with van der Waals surface area (Å²) in [7, 11) is 0. The zero-order chi connectivity index (χ0) is 13.8. The number of aromatic nitrogens is 1. The van der Waals surface area contributed by atoms with Crippen molar-refractivity contribution >= 4 is 5.91 Å². The Hall–Kier alpha value is -2.31. The summed E-state index contributed by atoms with van der Waals surface area (Å²) >= 11 is 0. The molecule has 0 aliphatic heterocycles. The van der Waals surface area contributed by atoms with Gasteiger partial charge in [0.15, 0.2) is 23.8 Å². The number of rotatable bonds is 4. The fraction of sp³-hybridized carbons (Fsp3) is 0.167. The molecule has 1 aromatic heterocycles. The summed E-state index contributed by atoms with van der Waals surface area (Å²) in [5, 5.41) is 2.38. The summed E-state index contributed by atoms with van der Waals surface area (Å²) in [6.07, 6.45) is 3.03. The summed E-state index contributed by atoms with van der Waals surface area (Å²) < 4.78 is 43.7. The van der Waals surface area contributed by atoms with E-state index < -0.39 is 28.9 Å². The minimum atomic E-state index is -1.66. The van der Waals surface area contributed by atoms with Gasteiger partial charge in [-0.25, -0.2) is 18.2 Å². The summed E-state index contributed by atoms with van der Waals surface area (Å²) in [5.74, 6) is -5.32. The molecule has 0 spiro atoms. The van der Waals surface area contributed by atoms with Crippen LogP contribution in [0.1, 0.15) is 16.1 Å². The number of nitrogens with one attached hydrogen (secondary N) is 1. The molecular weight excluding hydrogens is 261 g/mol. The molecule has 0 bridgehead atoms. The minimum absolute atomic E-state index is 0.170. The molecule has 1 amide bonds. The summed E-state index contributed by atoms with van der Waals surface area (Å²) in [6.45, 7) is 0.170. The van der Waals surface area contributed by atoms with Crippen LogP contribution in [0.2, 0.25) is 0 Å². The van der Waals surface area contributed by atoms with Crippen LogP contribution in [0, 0.1) is 17.5 Å². The topological polar surface area (TPSA) is 55.1 Å². The Bertz CT molecular complexity index is 585. The Balaban J connectivity index is 1.98. The van der Waals surface area contributed by atoms with Crippen LogP contribution in [0.15, 0.2) is 29.2 Å². The van der Waals surface area contributed by atoms with Crippen molar-refractivity contribution in [1.29, 1.82) is 0 Å². The standard InChI is InChI=1S/C12H9F3N2O2/c13-9-2-1-8(10(14)11(9)15)12(18)16-4-3-7-5-19-6-17-7/h1-2,5-6H,3-4H2,(H,16,18). The highest BCUT2D eigenvalue weighted by molar-refractivity contribution is 5.94. The number of halogens is 3. The first kappa shape index (κ1) is 13.1. The first-order valence-corrected chi connectivity index (χ1v) is 5.38. The fourth-order valence-corrected chi connectivity index (χ4v) is 1.46. The average molecular weight is 270 g/mol. The van der Waals surface area contributed by atoms with E-state index in [0.29, 0.717) is 18.2 Å². The van der Waals surface area contributed by atoms with Gasteiger partial charge in [-0.2, -0.15) is 0 Å². The maximum Gasteiger partial charge on any atom is 0.254 e. The van der Waals surface area contributed by atoms with Crippen LogP contribution >= 0.6 is 0 Å². The highest BCUT2D eigenvalue weighted by Crippen LogP contribution is 2.14. The van der Waals surface area contributed by atoms with Gasteiger partial charge in [0.2, 0.25) is 0 Å². The molecule has 7 heteroatoms. The molecule has 0 fully saturated rings. The van der Waals surface area contributed by atoms with Crippen LogP contribution in [0.5, 0.6) is 0 Å². The average Bonchev–Trinajstić information content (AvgIpc) is 2.89. The van der Waals surface area contributed by atoms with Crippen LogP contribution in [0.3, 0.4) is 0 Å². The van der Waals surface area contributed by atoms with Gasteiger partial charge >= 0.3 is 0 Å². The number of nitrogens with zero attached hydrogens (tertiary/aromatic N) is 1. The van der Waals surface area contributed by atoms with E-state index in [-0.39, 0.29) is 6.54 Å². The van der Waals surface area contributed by atoms with E-state index in [1.54, 1.807) is 0 Å². The third-order valence-corrected chi connectivity index (χ3v) is 2.43. The predicted octanol–water partition coefficient (Wildman–Crippen LogP) is 2.06. The SMILES string of the molecule is O=C(NCCc1cocn1)c1ccc(F)c(F)c1F. The first-order chi connectivity index (χ1) is 9.09. The lowest BCUT2D eigenvalue weighted by molar-refractivity contribution is 0.0948. The van der Waals surface area contributed by atoms with Gasteiger partial charge in [0.05, 0.1) is 11.3 Å². The smallest absolute Gasteiger partial charge is 0.254 e. The molecule has 0 saturated heterocycles. The third kappa shape index (κ3) is 2.93. The second-order valence-electron chi connectivity index (χ2n) is 3.71. The maximum atomic E-state index is 13.3. The summed E-state index contributed by atoms with van der Waals surface area (Å²) in [5.41, 5.74) is 0.0742. The van der Waals surface area contributed by atoms with Gasteiger partial charge in [-0.05, 0) is 12.1 Å². The van der Waals surface area contributed by atoms with Crippen LogP contribution in [-0.4, -0.2) is 17.4 Å². The largest absolute Gasteiger partial charge is 0.451 e. The Morgan fingerprint density at radius 1 is 1.26 bits per heavy atom. The van der Waals surface area contributed by atoms with Gasteiger partial charge in [0.25, 0.3) is 5.91 Å². The van der Waals surface area contributed by atoms with Crippen molar-refractivity contribution in [2.75, 3.05) is 6.54 Å². The number of carbonyl (C=O) groups is 1. The Morgan fingerprint density at radius 2 is 2.05 bits per heavy atom. The van der Waals surface area contributed by atoms with Crippen molar-refractivity contribution in [3.8, 4) is 0 Å². The second-order valence-corrected chi connectivity index (χ2v) is 3.71. The van der Waals surface area contributed by atoms with Crippen LogP contribution < -0.4 is 5.32 Å². The number of oxazole rings is 1. The maximum absolute atomic E-state index is 13.3. The van der Waals surface area contributed by atoms with E-state index in [1.165, 1.54) is 12.7 Å². The molecule has 2 aromatic rings. The lowest BCUT2D eigenvalue weighted by Crippen LogP contribution is -2.27. The van der Waals surface area contributed by atoms with E-state index in [1.807, 2.05) is 0 Å².